The molecular formula is C40H30ClF3N2O3. The second-order valence-electron chi connectivity index (χ2n) is 11.4. The molecule has 0 radical (unpaired) electrons. The summed E-state index contributed by atoms with van der Waals surface area (Å²) in [5.41, 5.74) is 6.34. The quantitative estimate of drug-likeness (QED) is 0.155. The zero-order valence-electron chi connectivity index (χ0n) is 26.5. The van der Waals surface area contributed by atoms with Crippen LogP contribution in [0.15, 0.2) is 128 Å². The van der Waals surface area contributed by atoms with Crippen molar-refractivity contribution in [3.63, 3.8) is 0 Å². The Hall–Kier alpha value is -5.60. The Kier molecular flexibility index (Phi) is 9.69. The van der Waals surface area contributed by atoms with Crippen molar-refractivity contribution >= 4 is 23.2 Å². The molecule has 5 aromatic carbocycles. The third-order valence-corrected chi connectivity index (χ3v) is 8.11. The van der Waals surface area contributed by atoms with Gasteiger partial charge in [-0.2, -0.15) is 13.2 Å². The second kappa shape index (κ2) is 14.3. The van der Waals surface area contributed by atoms with Crippen molar-refractivity contribution in [1.29, 1.82) is 0 Å². The van der Waals surface area contributed by atoms with Crippen molar-refractivity contribution in [3.05, 3.63) is 160 Å². The SMILES string of the molecule is Cc1cc(-c2ccc(COc3cccc(C(F)(F)F)c3)cc2)c(-c2cnc(Cl)cc2C)cc1NC(=O)c1ccc(Oc2ccccc2)cc1. The summed E-state index contributed by atoms with van der Waals surface area (Å²) in [5, 5.41) is 3.43. The molecule has 246 valence electrons. The molecule has 5 nitrogen and oxygen atoms in total. The van der Waals surface area contributed by atoms with Crippen LogP contribution in [0, 0.1) is 13.8 Å². The minimum atomic E-state index is -4.45. The summed E-state index contributed by atoms with van der Waals surface area (Å²) in [6.45, 7) is 3.96. The lowest BCUT2D eigenvalue weighted by atomic mass is 9.90. The lowest BCUT2D eigenvalue weighted by Crippen LogP contribution is -2.13. The van der Waals surface area contributed by atoms with E-state index >= 15 is 0 Å². The molecule has 0 unspecified atom stereocenters. The third kappa shape index (κ3) is 8.11. The number of carbonyl (C=O) groups excluding carboxylic acids is 1. The molecule has 6 rings (SSSR count). The zero-order valence-corrected chi connectivity index (χ0v) is 27.3. The van der Waals surface area contributed by atoms with Crippen LogP contribution in [-0.4, -0.2) is 10.9 Å². The van der Waals surface area contributed by atoms with Gasteiger partial charge >= 0.3 is 6.18 Å². The fraction of sp³-hybridized carbons (Fsp3) is 0.100. The first-order valence-electron chi connectivity index (χ1n) is 15.3. The number of amides is 1. The van der Waals surface area contributed by atoms with Crippen LogP contribution in [0.4, 0.5) is 18.9 Å². The molecule has 1 heterocycles. The summed E-state index contributed by atoms with van der Waals surface area (Å²) in [6, 6.07) is 34.5. The van der Waals surface area contributed by atoms with Gasteiger partial charge in [0.1, 0.15) is 29.0 Å². The molecule has 0 atom stereocenters. The lowest BCUT2D eigenvalue weighted by Gasteiger charge is -2.18. The van der Waals surface area contributed by atoms with E-state index in [4.69, 9.17) is 21.1 Å². The number of ether oxygens (including phenoxy) is 2. The number of halogens is 4. The van der Waals surface area contributed by atoms with E-state index < -0.39 is 11.7 Å². The Morgan fingerprint density at radius 2 is 1.43 bits per heavy atom. The maximum absolute atomic E-state index is 13.4. The average molecular weight is 679 g/mol. The highest BCUT2D eigenvalue weighted by molar-refractivity contribution is 6.29. The van der Waals surface area contributed by atoms with Crippen LogP contribution in [0.25, 0.3) is 22.3 Å². The van der Waals surface area contributed by atoms with Crippen molar-refractivity contribution in [2.45, 2.75) is 26.6 Å². The number of carbonyl (C=O) groups is 1. The number of hydrogen-bond donors (Lipinski definition) is 1. The van der Waals surface area contributed by atoms with Crippen LogP contribution in [0.3, 0.4) is 0 Å². The molecule has 0 saturated heterocycles. The van der Waals surface area contributed by atoms with Gasteiger partial charge in [-0.15, -0.1) is 0 Å². The minimum Gasteiger partial charge on any atom is -0.489 e. The van der Waals surface area contributed by atoms with E-state index in [-0.39, 0.29) is 18.3 Å². The van der Waals surface area contributed by atoms with Crippen molar-refractivity contribution in [1.82, 2.24) is 4.98 Å². The summed E-state index contributed by atoms with van der Waals surface area (Å²) in [7, 11) is 0. The van der Waals surface area contributed by atoms with Crippen LogP contribution in [0.2, 0.25) is 5.15 Å². The second-order valence-corrected chi connectivity index (χ2v) is 11.8. The Bertz CT molecular complexity index is 2100. The van der Waals surface area contributed by atoms with Crippen molar-refractivity contribution < 1.29 is 27.4 Å². The third-order valence-electron chi connectivity index (χ3n) is 7.91. The molecule has 0 aliphatic heterocycles. The Balaban J connectivity index is 1.25. The number of pyridine rings is 1. The van der Waals surface area contributed by atoms with Crippen LogP contribution < -0.4 is 14.8 Å². The number of alkyl halides is 3. The molecule has 9 heteroatoms. The molecule has 1 N–H and O–H groups in total. The topological polar surface area (TPSA) is 60.5 Å². The molecule has 1 aromatic heterocycles. The fourth-order valence-electron chi connectivity index (χ4n) is 5.31. The normalized spacial score (nSPS) is 11.2. The molecule has 0 saturated carbocycles. The zero-order chi connectivity index (χ0) is 34.5. The monoisotopic (exact) mass is 678 g/mol. The fourth-order valence-corrected chi connectivity index (χ4v) is 5.52. The molecule has 0 bridgehead atoms. The molecule has 1 amide bonds. The summed E-state index contributed by atoms with van der Waals surface area (Å²) >= 11 is 6.19. The van der Waals surface area contributed by atoms with Crippen molar-refractivity contribution in [3.8, 4) is 39.5 Å². The van der Waals surface area contributed by atoms with Crippen LogP contribution in [0.1, 0.15) is 32.6 Å². The van der Waals surface area contributed by atoms with Gasteiger partial charge in [-0.05, 0) is 120 Å². The van der Waals surface area contributed by atoms with E-state index in [1.807, 2.05) is 80.6 Å². The van der Waals surface area contributed by atoms with Gasteiger partial charge in [-0.25, -0.2) is 4.98 Å². The number of benzene rings is 5. The van der Waals surface area contributed by atoms with Gasteiger partial charge in [0.15, 0.2) is 0 Å². The highest BCUT2D eigenvalue weighted by Crippen LogP contribution is 2.38. The average Bonchev–Trinajstić information content (AvgIpc) is 3.09. The Morgan fingerprint density at radius 1 is 0.735 bits per heavy atom. The number of aryl methyl sites for hydroxylation is 2. The van der Waals surface area contributed by atoms with E-state index in [1.54, 1.807) is 36.5 Å². The van der Waals surface area contributed by atoms with Gasteiger partial charge < -0.3 is 14.8 Å². The van der Waals surface area contributed by atoms with Crippen LogP contribution >= 0.6 is 11.6 Å². The number of aromatic nitrogens is 1. The van der Waals surface area contributed by atoms with E-state index in [1.165, 1.54) is 12.1 Å². The standard InChI is InChI=1S/C40H30ClF3N2O3/c1-25-20-38(41)45-23-36(25)35-22-37(46-39(47)29-15-17-32(18-16-29)49-31-8-4-3-5-9-31)26(2)19-34(35)28-13-11-27(12-14-28)24-48-33-10-6-7-30(21-33)40(42,43)44/h3-23H,24H2,1-2H3,(H,46,47). The molecular weight excluding hydrogens is 649 g/mol. The van der Waals surface area contributed by atoms with Gasteiger partial charge in [-0.3, -0.25) is 4.79 Å². The van der Waals surface area contributed by atoms with E-state index in [9.17, 15) is 18.0 Å². The maximum atomic E-state index is 13.4. The number of hydrogen-bond acceptors (Lipinski definition) is 4. The molecule has 0 aliphatic rings. The summed E-state index contributed by atoms with van der Waals surface area (Å²) < 4.78 is 50.9. The van der Waals surface area contributed by atoms with Crippen LogP contribution in [0.5, 0.6) is 17.2 Å². The highest BCUT2D eigenvalue weighted by Gasteiger charge is 2.30. The van der Waals surface area contributed by atoms with E-state index in [2.05, 4.69) is 10.3 Å². The lowest BCUT2D eigenvalue weighted by molar-refractivity contribution is -0.137. The molecule has 49 heavy (non-hydrogen) atoms. The largest absolute Gasteiger partial charge is 0.489 e. The first-order chi connectivity index (χ1) is 23.5. The van der Waals surface area contributed by atoms with Crippen LogP contribution in [-0.2, 0) is 12.8 Å². The number of anilines is 1. The Morgan fingerprint density at radius 3 is 2.12 bits per heavy atom. The molecule has 0 spiro atoms. The Labute approximate surface area is 286 Å². The molecule has 0 fully saturated rings. The van der Waals surface area contributed by atoms with Gasteiger partial charge in [0.05, 0.1) is 5.56 Å². The van der Waals surface area contributed by atoms with Crippen molar-refractivity contribution in [2.24, 2.45) is 0 Å². The minimum absolute atomic E-state index is 0.0953. The van der Waals surface area contributed by atoms with Crippen molar-refractivity contribution in [2.75, 3.05) is 5.32 Å². The number of nitrogens with zero attached hydrogens (tertiary/aromatic N) is 1. The highest BCUT2D eigenvalue weighted by atomic mass is 35.5. The number of para-hydroxylation sites is 1. The summed E-state index contributed by atoms with van der Waals surface area (Å²) in [4.78, 5) is 17.7. The van der Waals surface area contributed by atoms with Gasteiger partial charge in [0.2, 0.25) is 0 Å². The molecule has 6 aromatic rings. The van der Waals surface area contributed by atoms with E-state index in [0.717, 1.165) is 51.1 Å². The maximum Gasteiger partial charge on any atom is 0.416 e. The predicted octanol–water partition coefficient (Wildman–Crippen LogP) is 11.3. The van der Waals surface area contributed by atoms with Gasteiger partial charge in [0.25, 0.3) is 5.91 Å². The first kappa shape index (κ1) is 33.3. The van der Waals surface area contributed by atoms with Gasteiger partial charge in [-0.1, -0.05) is 60.1 Å². The smallest absolute Gasteiger partial charge is 0.416 e. The molecule has 0 aliphatic carbocycles. The summed E-state index contributed by atoms with van der Waals surface area (Å²) in [6.07, 6.45) is -2.74. The predicted molar refractivity (Wildman–Crippen MR) is 186 cm³/mol. The first-order valence-corrected chi connectivity index (χ1v) is 15.7. The summed E-state index contributed by atoms with van der Waals surface area (Å²) in [5.74, 6) is 1.18. The number of rotatable bonds is 9. The number of nitrogens with one attached hydrogen (secondary N) is 1. The van der Waals surface area contributed by atoms with E-state index in [0.29, 0.717) is 27.9 Å². The van der Waals surface area contributed by atoms with Gasteiger partial charge in [0, 0.05) is 23.0 Å².